The van der Waals surface area contributed by atoms with Gasteiger partial charge in [-0.05, 0) is 36.9 Å². The van der Waals surface area contributed by atoms with Gasteiger partial charge in [-0.25, -0.2) is 17.5 Å². The zero-order chi connectivity index (χ0) is 14.8. The highest BCUT2D eigenvalue weighted by atomic mass is 32.2. The number of halogens is 1. The van der Waals surface area contributed by atoms with Crippen molar-refractivity contribution in [1.29, 1.82) is 0 Å². The summed E-state index contributed by atoms with van der Waals surface area (Å²) in [7, 11) is -3.83. The van der Waals surface area contributed by atoms with Gasteiger partial charge in [0.1, 0.15) is 10.7 Å². The fraction of sp³-hybridized carbons (Fsp3) is 0.231. The average molecular weight is 314 g/mol. The molecule has 0 saturated carbocycles. The van der Waals surface area contributed by atoms with E-state index >= 15 is 0 Å². The van der Waals surface area contributed by atoms with E-state index in [0.717, 1.165) is 10.9 Å². The number of rotatable bonds is 5. The minimum atomic E-state index is -3.83. The van der Waals surface area contributed by atoms with E-state index < -0.39 is 15.8 Å². The van der Waals surface area contributed by atoms with Gasteiger partial charge >= 0.3 is 0 Å². The molecule has 1 heterocycles. The maximum atomic E-state index is 13.3. The normalized spacial score (nSPS) is 13.3. The summed E-state index contributed by atoms with van der Waals surface area (Å²) >= 11 is 1.56. The molecule has 0 spiro atoms. The van der Waals surface area contributed by atoms with Crippen LogP contribution in [0.25, 0.3) is 0 Å². The number of para-hydroxylation sites is 1. The lowest BCUT2D eigenvalue weighted by molar-refractivity contribution is 0.559. The zero-order valence-electron chi connectivity index (χ0n) is 10.8. The molecule has 0 aliphatic rings. The summed E-state index contributed by atoms with van der Waals surface area (Å²) in [5.74, 6) is -0.737. The monoisotopic (exact) mass is 314 g/mol. The molecule has 20 heavy (non-hydrogen) atoms. The van der Waals surface area contributed by atoms with Gasteiger partial charge in [0.25, 0.3) is 0 Å². The van der Waals surface area contributed by atoms with E-state index in [2.05, 4.69) is 4.72 Å². The van der Waals surface area contributed by atoms with Crippen LogP contribution in [0.2, 0.25) is 0 Å². The summed E-state index contributed by atoms with van der Waals surface area (Å²) in [4.78, 5) is 0.850. The first-order valence-corrected chi connectivity index (χ1v) is 8.35. The van der Waals surface area contributed by atoms with Crippen LogP contribution < -0.4 is 10.5 Å². The number of hydrogen-bond donors (Lipinski definition) is 2. The molecule has 0 aliphatic carbocycles. The van der Waals surface area contributed by atoms with E-state index in [9.17, 15) is 12.8 Å². The van der Waals surface area contributed by atoms with Crippen LogP contribution in [0.15, 0.2) is 40.6 Å². The Bertz CT molecular complexity index is 684. The summed E-state index contributed by atoms with van der Waals surface area (Å²) in [5.41, 5.74) is 5.13. The number of hydrogen-bond acceptors (Lipinski definition) is 4. The van der Waals surface area contributed by atoms with Crippen molar-refractivity contribution in [2.24, 2.45) is 0 Å². The maximum absolute atomic E-state index is 13.3. The van der Waals surface area contributed by atoms with E-state index in [1.165, 1.54) is 12.1 Å². The van der Waals surface area contributed by atoms with Crippen molar-refractivity contribution in [2.45, 2.75) is 24.3 Å². The molecule has 0 fully saturated rings. The van der Waals surface area contributed by atoms with Crippen molar-refractivity contribution in [3.8, 4) is 0 Å². The van der Waals surface area contributed by atoms with E-state index in [1.54, 1.807) is 18.3 Å². The fourth-order valence-corrected chi connectivity index (χ4v) is 4.07. The standard InChI is InChI=1S/C13H15FN2O2S2/c1-9(8-10-4-3-7-19-10)16-20(17,18)12-6-2-5-11(14)13(12)15/h2-7,9,16H,8,15H2,1H3. The maximum Gasteiger partial charge on any atom is 0.242 e. The highest BCUT2D eigenvalue weighted by Crippen LogP contribution is 2.21. The Kier molecular flexibility index (Phi) is 4.42. The van der Waals surface area contributed by atoms with Crippen LogP contribution in [0.1, 0.15) is 11.8 Å². The van der Waals surface area contributed by atoms with Gasteiger partial charge in [-0.2, -0.15) is 0 Å². The van der Waals surface area contributed by atoms with Crippen molar-refractivity contribution in [3.05, 3.63) is 46.4 Å². The van der Waals surface area contributed by atoms with Crippen LogP contribution in [0.4, 0.5) is 10.1 Å². The summed E-state index contributed by atoms with van der Waals surface area (Å²) in [6.45, 7) is 1.76. The average Bonchev–Trinajstić information content (AvgIpc) is 2.84. The van der Waals surface area contributed by atoms with Crippen LogP contribution in [-0.4, -0.2) is 14.5 Å². The Balaban J connectivity index is 2.16. The first-order chi connectivity index (χ1) is 9.40. The number of nitrogens with two attached hydrogens (primary N) is 1. The number of nitrogens with one attached hydrogen (secondary N) is 1. The summed E-state index contributed by atoms with van der Waals surface area (Å²) in [6, 6.07) is 7.28. The van der Waals surface area contributed by atoms with Gasteiger partial charge < -0.3 is 5.73 Å². The van der Waals surface area contributed by atoms with E-state index in [-0.39, 0.29) is 16.6 Å². The number of thiophene rings is 1. The Morgan fingerprint density at radius 1 is 1.35 bits per heavy atom. The fourth-order valence-electron chi connectivity index (χ4n) is 1.85. The van der Waals surface area contributed by atoms with Crippen molar-refractivity contribution >= 4 is 27.0 Å². The number of sulfonamides is 1. The number of nitrogen functional groups attached to an aromatic ring is 1. The first kappa shape index (κ1) is 15.0. The molecule has 2 rings (SSSR count). The molecule has 7 heteroatoms. The molecular formula is C13H15FN2O2S2. The third kappa shape index (κ3) is 3.36. The van der Waals surface area contributed by atoms with E-state index in [4.69, 9.17) is 5.73 Å². The number of benzene rings is 1. The highest BCUT2D eigenvalue weighted by Gasteiger charge is 2.21. The smallest absolute Gasteiger partial charge is 0.242 e. The van der Waals surface area contributed by atoms with Crippen LogP contribution in [0.3, 0.4) is 0 Å². The Morgan fingerprint density at radius 2 is 2.10 bits per heavy atom. The van der Waals surface area contributed by atoms with Gasteiger partial charge in [0, 0.05) is 10.9 Å². The molecule has 1 atom stereocenters. The van der Waals surface area contributed by atoms with Crippen LogP contribution in [0, 0.1) is 5.82 Å². The Labute approximate surface area is 121 Å². The van der Waals surface area contributed by atoms with Crippen LogP contribution in [0.5, 0.6) is 0 Å². The van der Waals surface area contributed by atoms with Crippen molar-refractivity contribution in [3.63, 3.8) is 0 Å². The van der Waals surface area contributed by atoms with Crippen molar-refractivity contribution < 1.29 is 12.8 Å². The molecule has 0 radical (unpaired) electrons. The van der Waals surface area contributed by atoms with Gasteiger partial charge in [-0.3, -0.25) is 0 Å². The van der Waals surface area contributed by atoms with E-state index in [0.29, 0.717) is 6.42 Å². The Morgan fingerprint density at radius 3 is 2.75 bits per heavy atom. The molecule has 2 aromatic rings. The lowest BCUT2D eigenvalue weighted by Crippen LogP contribution is -2.34. The second-order valence-corrected chi connectivity index (χ2v) is 7.17. The molecular weight excluding hydrogens is 299 g/mol. The summed E-state index contributed by atoms with van der Waals surface area (Å²) in [5, 5.41) is 1.93. The third-order valence-electron chi connectivity index (χ3n) is 2.75. The van der Waals surface area contributed by atoms with E-state index in [1.807, 2.05) is 17.5 Å². The highest BCUT2D eigenvalue weighted by molar-refractivity contribution is 7.89. The molecule has 108 valence electrons. The molecule has 0 bridgehead atoms. The molecule has 1 unspecified atom stereocenters. The molecule has 0 saturated heterocycles. The van der Waals surface area contributed by atoms with Crippen molar-refractivity contribution in [2.75, 3.05) is 5.73 Å². The molecule has 4 nitrogen and oxygen atoms in total. The molecule has 1 aromatic carbocycles. The molecule has 0 amide bonds. The largest absolute Gasteiger partial charge is 0.395 e. The van der Waals surface area contributed by atoms with Gasteiger partial charge in [-0.15, -0.1) is 11.3 Å². The second kappa shape index (κ2) is 5.90. The van der Waals surface area contributed by atoms with Crippen LogP contribution >= 0.6 is 11.3 Å². The molecule has 1 aromatic heterocycles. The van der Waals surface area contributed by atoms with Gasteiger partial charge in [-0.1, -0.05) is 12.1 Å². The topological polar surface area (TPSA) is 72.2 Å². The van der Waals surface area contributed by atoms with Crippen molar-refractivity contribution in [1.82, 2.24) is 4.72 Å². The summed E-state index contributed by atoms with van der Waals surface area (Å²) in [6.07, 6.45) is 0.576. The van der Waals surface area contributed by atoms with Gasteiger partial charge in [0.15, 0.2) is 0 Å². The SMILES string of the molecule is CC(Cc1cccs1)NS(=O)(=O)c1cccc(F)c1N. The molecule has 0 aliphatic heterocycles. The van der Waals surface area contributed by atoms with Gasteiger partial charge in [0.2, 0.25) is 10.0 Å². The quantitative estimate of drug-likeness (QED) is 0.832. The second-order valence-electron chi connectivity index (χ2n) is 4.46. The minimum Gasteiger partial charge on any atom is -0.395 e. The lowest BCUT2D eigenvalue weighted by atomic mass is 10.2. The third-order valence-corrected chi connectivity index (χ3v) is 5.29. The number of anilines is 1. The zero-order valence-corrected chi connectivity index (χ0v) is 12.5. The summed E-state index contributed by atoms with van der Waals surface area (Å²) < 4.78 is 40.2. The predicted molar refractivity (Wildman–Crippen MR) is 78.6 cm³/mol. The molecule has 3 N–H and O–H groups in total. The predicted octanol–water partition coefficient (Wildman–Crippen LogP) is 2.38. The minimum absolute atomic E-state index is 0.226. The lowest BCUT2D eigenvalue weighted by Gasteiger charge is -2.14. The van der Waals surface area contributed by atoms with Crippen LogP contribution in [-0.2, 0) is 16.4 Å². The first-order valence-electron chi connectivity index (χ1n) is 5.99. The Hall–Kier alpha value is -1.44. The van der Waals surface area contributed by atoms with Gasteiger partial charge in [0.05, 0.1) is 5.69 Å².